The Bertz CT molecular complexity index is 308. The van der Waals surface area contributed by atoms with Gasteiger partial charge in [0.2, 0.25) is 6.34 Å². The number of nitrogens with zero attached hydrogens (tertiary/aromatic N) is 2. The van der Waals surface area contributed by atoms with Crippen LogP contribution in [0.3, 0.4) is 0 Å². The van der Waals surface area contributed by atoms with E-state index < -0.39 is 15.6 Å². The monoisotopic (exact) mass is 234 g/mol. The van der Waals surface area contributed by atoms with Gasteiger partial charge in [-0.05, 0) is 0 Å². The Kier molecular flexibility index (Phi) is 4.43. The standard InChI is InChI=1S/C2H4N4.CHF3O3S/c1-3-5-2-6-4-1;2-1(3,4)8(5,6)7/h1,5H,2H2;(H,5,6,7). The second-order valence-corrected chi connectivity index (χ2v) is 3.14. The van der Waals surface area contributed by atoms with Crippen LogP contribution < -0.4 is 10.5 Å². The minimum Gasteiger partial charge on any atom is -0.741 e. The molecule has 0 unspecified atom stereocenters. The van der Waals surface area contributed by atoms with E-state index >= 15 is 0 Å². The molecule has 0 fully saturated rings. The molecule has 0 saturated carbocycles. The first-order chi connectivity index (χ1) is 6.25. The normalized spacial score (nSPS) is 15.4. The van der Waals surface area contributed by atoms with Gasteiger partial charge in [-0.15, -0.1) is 5.11 Å². The maximum absolute atomic E-state index is 10.7. The number of halogens is 3. The molecule has 0 radical (unpaired) electrons. The minimum absolute atomic E-state index is 0.635. The van der Waals surface area contributed by atoms with Gasteiger partial charge in [-0.25, -0.2) is 13.8 Å². The van der Waals surface area contributed by atoms with Crippen LogP contribution in [0, 0.1) is 0 Å². The van der Waals surface area contributed by atoms with E-state index in [2.05, 4.69) is 20.8 Å². The fourth-order valence-corrected chi connectivity index (χ4v) is 0.237. The molecule has 1 aliphatic heterocycles. The lowest BCUT2D eigenvalue weighted by molar-refractivity contribution is -0.533. The topological polar surface area (TPSA) is 108 Å². The summed E-state index contributed by atoms with van der Waals surface area (Å²) in [5.74, 6) is 0. The van der Waals surface area contributed by atoms with Crippen molar-refractivity contribution < 1.29 is 31.3 Å². The summed E-state index contributed by atoms with van der Waals surface area (Å²) in [4.78, 5) is 0. The third-order valence-corrected chi connectivity index (χ3v) is 1.31. The first-order valence-corrected chi connectivity index (χ1v) is 4.35. The molecule has 2 N–H and O–H groups in total. The second kappa shape index (κ2) is 4.85. The van der Waals surface area contributed by atoms with E-state index in [9.17, 15) is 13.2 Å². The number of alkyl halides is 3. The molecule has 0 aromatic heterocycles. The lowest BCUT2D eigenvalue weighted by Gasteiger charge is -2.08. The van der Waals surface area contributed by atoms with Gasteiger partial charge in [0.25, 0.3) is 6.67 Å². The molecule has 0 atom stereocenters. The van der Waals surface area contributed by atoms with Crippen LogP contribution in [0.2, 0.25) is 0 Å². The minimum atomic E-state index is -6.09. The summed E-state index contributed by atoms with van der Waals surface area (Å²) < 4.78 is 58.9. The van der Waals surface area contributed by atoms with Crippen molar-refractivity contribution in [2.75, 3.05) is 6.67 Å². The van der Waals surface area contributed by atoms with Crippen molar-refractivity contribution in [1.82, 2.24) is 5.43 Å². The van der Waals surface area contributed by atoms with E-state index in [1.807, 2.05) is 0 Å². The van der Waals surface area contributed by atoms with Crippen LogP contribution in [-0.4, -0.2) is 31.5 Å². The summed E-state index contributed by atoms with van der Waals surface area (Å²) in [6, 6.07) is 0. The maximum Gasteiger partial charge on any atom is 0.485 e. The Labute approximate surface area is 76.5 Å². The summed E-state index contributed by atoms with van der Waals surface area (Å²) >= 11 is 0. The average Bonchev–Trinajstić information content (AvgIpc) is 2.05. The number of rotatable bonds is 0. The quantitative estimate of drug-likeness (QED) is 0.376. The van der Waals surface area contributed by atoms with E-state index in [-0.39, 0.29) is 0 Å². The summed E-state index contributed by atoms with van der Waals surface area (Å²) in [6.45, 7) is 0.635. The van der Waals surface area contributed by atoms with Crippen molar-refractivity contribution >= 4 is 16.5 Å². The van der Waals surface area contributed by atoms with Gasteiger partial charge in [0.05, 0.1) is 0 Å². The average molecular weight is 234 g/mol. The third kappa shape index (κ3) is 5.42. The lowest BCUT2D eigenvalue weighted by Crippen LogP contribution is -2.71. The largest absolute Gasteiger partial charge is 0.741 e. The third-order valence-electron chi connectivity index (χ3n) is 0.740. The smallest absolute Gasteiger partial charge is 0.485 e. The summed E-state index contributed by atoms with van der Waals surface area (Å²) in [5.41, 5.74) is -3.00. The highest BCUT2D eigenvalue weighted by molar-refractivity contribution is 7.86. The van der Waals surface area contributed by atoms with Crippen molar-refractivity contribution in [2.45, 2.75) is 5.51 Å². The molecule has 0 saturated heterocycles. The van der Waals surface area contributed by atoms with Gasteiger partial charge in [-0.2, -0.15) is 18.3 Å². The number of hydrazone groups is 1. The fourth-order valence-electron chi connectivity index (χ4n) is 0.237. The highest BCUT2D eigenvalue weighted by Gasteiger charge is 2.36. The van der Waals surface area contributed by atoms with Crippen molar-refractivity contribution in [2.24, 2.45) is 10.2 Å². The molecule has 14 heavy (non-hydrogen) atoms. The van der Waals surface area contributed by atoms with E-state index in [1.165, 1.54) is 6.34 Å². The first-order valence-electron chi connectivity index (χ1n) is 2.94. The highest BCUT2D eigenvalue weighted by atomic mass is 32.2. The maximum atomic E-state index is 10.7. The zero-order valence-corrected chi connectivity index (χ0v) is 7.26. The molecule has 1 heterocycles. The van der Waals surface area contributed by atoms with E-state index in [1.54, 1.807) is 0 Å². The van der Waals surface area contributed by atoms with Crippen LogP contribution in [0.15, 0.2) is 10.2 Å². The molecular weight excluding hydrogens is 229 g/mol. The van der Waals surface area contributed by atoms with Gasteiger partial charge in [-0.1, -0.05) is 0 Å². The zero-order valence-electron chi connectivity index (χ0n) is 6.45. The van der Waals surface area contributed by atoms with Gasteiger partial charge >= 0.3 is 5.51 Å². The van der Waals surface area contributed by atoms with Gasteiger partial charge in [0.1, 0.15) is 0 Å². The van der Waals surface area contributed by atoms with Gasteiger partial charge in [0, 0.05) is 5.11 Å². The van der Waals surface area contributed by atoms with Crippen molar-refractivity contribution in [3.63, 3.8) is 0 Å². The van der Waals surface area contributed by atoms with Gasteiger partial charge < -0.3 is 4.55 Å². The summed E-state index contributed by atoms with van der Waals surface area (Å²) in [6.07, 6.45) is 1.42. The Balaban J connectivity index is 0.000000249. The number of hydrogen-bond donors (Lipinski definition) is 2. The number of azo groups is 1. The molecular formula is C3H5F3N4O3S. The van der Waals surface area contributed by atoms with Crippen LogP contribution in [-0.2, 0) is 10.1 Å². The Morgan fingerprint density at radius 1 is 1.50 bits per heavy atom. The molecule has 0 amide bonds. The predicted octanol–water partition coefficient (Wildman–Crippen LogP) is -1.93. The second-order valence-electron chi connectivity index (χ2n) is 1.77. The van der Waals surface area contributed by atoms with Crippen LogP contribution in [0.4, 0.5) is 13.2 Å². The fraction of sp³-hybridized carbons (Fsp3) is 0.667. The molecule has 7 nitrogen and oxygen atoms in total. The van der Waals surface area contributed by atoms with Crippen molar-refractivity contribution in [1.29, 1.82) is 0 Å². The van der Waals surface area contributed by atoms with Gasteiger partial charge in [0.15, 0.2) is 10.1 Å². The van der Waals surface area contributed by atoms with Crippen LogP contribution >= 0.6 is 0 Å². The SMILES string of the molecule is C1=NNC[NH+]=N1.O=S(=O)([O-])C(F)(F)F. The lowest BCUT2D eigenvalue weighted by atomic mass is 11.1. The van der Waals surface area contributed by atoms with Crippen LogP contribution in [0.5, 0.6) is 0 Å². The molecule has 0 aromatic rings. The Morgan fingerprint density at radius 2 is 2.00 bits per heavy atom. The molecule has 0 aliphatic carbocycles. The van der Waals surface area contributed by atoms with E-state index in [4.69, 9.17) is 13.0 Å². The van der Waals surface area contributed by atoms with Crippen molar-refractivity contribution in [3.05, 3.63) is 0 Å². The number of hydrogen-bond acceptors (Lipinski definition) is 6. The predicted molar refractivity (Wildman–Crippen MR) is 35.6 cm³/mol. The first kappa shape index (κ1) is 12.8. The Hall–Kier alpha value is -1.23. The van der Waals surface area contributed by atoms with Gasteiger partial charge in [-0.3, -0.25) is 0 Å². The number of nitrogens with one attached hydrogen (secondary N) is 2. The van der Waals surface area contributed by atoms with Crippen LogP contribution in [0.25, 0.3) is 0 Å². The van der Waals surface area contributed by atoms with Crippen molar-refractivity contribution in [3.8, 4) is 0 Å². The molecule has 0 spiro atoms. The molecule has 0 aromatic carbocycles. The Morgan fingerprint density at radius 3 is 2.07 bits per heavy atom. The molecule has 1 rings (SSSR count). The zero-order chi connectivity index (χ0) is 11.2. The van der Waals surface area contributed by atoms with Crippen LogP contribution in [0.1, 0.15) is 0 Å². The highest BCUT2D eigenvalue weighted by Crippen LogP contribution is 2.20. The molecule has 82 valence electrons. The van der Waals surface area contributed by atoms with E-state index in [0.717, 1.165) is 0 Å². The summed E-state index contributed by atoms with van der Waals surface area (Å²) in [5, 5.41) is 9.80. The molecule has 11 heteroatoms. The molecule has 1 aliphatic rings. The van der Waals surface area contributed by atoms with E-state index in [0.29, 0.717) is 6.67 Å². The molecule has 0 bridgehead atoms. The summed E-state index contributed by atoms with van der Waals surface area (Å²) in [7, 11) is -6.09.